The van der Waals surface area contributed by atoms with Crippen LogP contribution in [0.25, 0.3) is 0 Å². The summed E-state index contributed by atoms with van der Waals surface area (Å²) in [7, 11) is 0. The van der Waals surface area contributed by atoms with Gasteiger partial charge in [-0.15, -0.1) is 0 Å². The molecule has 1 fully saturated rings. The number of benzene rings is 1. The fraction of sp³-hybridized carbons (Fsp3) is 0.500. The summed E-state index contributed by atoms with van der Waals surface area (Å²) in [5, 5.41) is 0.836. The quantitative estimate of drug-likeness (QED) is 0.585. The molecule has 3 rings (SSSR count). The number of carbonyl (C=O) groups excluding carboxylic acids is 2. The lowest BCUT2D eigenvalue weighted by molar-refractivity contribution is -0.129. The van der Waals surface area contributed by atoms with Crippen molar-refractivity contribution in [2.45, 2.75) is 57.5 Å². The Hall–Kier alpha value is -2.32. The van der Waals surface area contributed by atoms with Gasteiger partial charge >= 0.3 is 0 Å². The van der Waals surface area contributed by atoms with Crippen LogP contribution in [-0.4, -0.2) is 51.3 Å². The van der Waals surface area contributed by atoms with Crippen LogP contribution in [0.4, 0.5) is 0 Å². The van der Waals surface area contributed by atoms with Gasteiger partial charge in [-0.05, 0) is 32.3 Å². The van der Waals surface area contributed by atoms with Gasteiger partial charge in [0.2, 0.25) is 11.8 Å². The Labute approximate surface area is 182 Å². The van der Waals surface area contributed by atoms with E-state index in [0.29, 0.717) is 13.1 Å². The Morgan fingerprint density at radius 3 is 2.73 bits per heavy atom. The summed E-state index contributed by atoms with van der Waals surface area (Å²) in [6.45, 7) is 6.38. The Kier molecular flexibility index (Phi) is 7.93. The number of hydrogen-bond donors (Lipinski definition) is 1. The van der Waals surface area contributed by atoms with Crippen LogP contribution in [-0.2, 0) is 27.4 Å². The molecular weight excluding hydrogens is 400 g/mol. The van der Waals surface area contributed by atoms with Crippen LogP contribution < -0.4 is 5.73 Å². The van der Waals surface area contributed by atoms with Gasteiger partial charge in [-0.3, -0.25) is 9.59 Å². The van der Waals surface area contributed by atoms with E-state index < -0.39 is 5.91 Å². The van der Waals surface area contributed by atoms with Gasteiger partial charge in [0.1, 0.15) is 0 Å². The maximum atomic E-state index is 13.0. The van der Waals surface area contributed by atoms with E-state index in [1.54, 1.807) is 4.90 Å². The predicted octanol–water partition coefficient (Wildman–Crippen LogP) is 2.68. The Balaban J connectivity index is 1.66. The monoisotopic (exact) mass is 430 g/mol. The number of amides is 2. The summed E-state index contributed by atoms with van der Waals surface area (Å²) in [5.41, 5.74) is 8.41. The topological polar surface area (TPSA) is 90.5 Å². The number of nitrogens with two attached hydrogens (primary N) is 1. The van der Waals surface area contributed by atoms with Crippen LogP contribution >= 0.6 is 11.8 Å². The van der Waals surface area contributed by atoms with Gasteiger partial charge in [0, 0.05) is 31.8 Å². The lowest BCUT2D eigenvalue weighted by Gasteiger charge is -2.22. The van der Waals surface area contributed by atoms with E-state index >= 15 is 0 Å². The van der Waals surface area contributed by atoms with Gasteiger partial charge in [0.05, 0.1) is 24.1 Å². The van der Waals surface area contributed by atoms with E-state index in [4.69, 9.17) is 10.5 Å². The molecule has 7 nitrogen and oxygen atoms in total. The summed E-state index contributed by atoms with van der Waals surface area (Å²) < 4.78 is 7.94. The van der Waals surface area contributed by atoms with Crippen molar-refractivity contribution < 1.29 is 14.3 Å². The first-order chi connectivity index (χ1) is 14.4. The second-order valence-electron chi connectivity index (χ2n) is 7.62. The molecule has 1 aliphatic heterocycles. The molecule has 1 unspecified atom stereocenters. The smallest absolute Gasteiger partial charge is 0.233 e. The maximum Gasteiger partial charge on any atom is 0.233 e. The summed E-state index contributed by atoms with van der Waals surface area (Å²) in [6, 6.07) is 9.76. The molecular formula is C22H30N4O3S. The van der Waals surface area contributed by atoms with E-state index in [0.717, 1.165) is 48.1 Å². The Bertz CT molecular complexity index is 863. The largest absolute Gasteiger partial charge is 0.376 e. The third-order valence-corrected chi connectivity index (χ3v) is 6.32. The number of thioether (sulfide) groups is 1. The number of imidazole rings is 1. The van der Waals surface area contributed by atoms with Crippen molar-refractivity contribution in [1.29, 1.82) is 0 Å². The molecule has 0 radical (unpaired) electrons. The number of aromatic nitrogens is 2. The molecule has 0 spiro atoms. The van der Waals surface area contributed by atoms with Crippen molar-refractivity contribution in [1.82, 2.24) is 14.5 Å². The first-order valence-electron chi connectivity index (χ1n) is 10.3. The number of carbonyl (C=O) groups is 2. The standard InChI is InChI=1S/C22H30N4O3S/c1-16-17(2)26(14-19-9-6-12-29-19)22(24-16)30-15-21(28)25(11-10-20(23)27)13-18-7-4-3-5-8-18/h3-5,7-8,19H,6,9-15H2,1-2H3,(H2,23,27). The fourth-order valence-electron chi connectivity index (χ4n) is 3.50. The van der Waals surface area contributed by atoms with E-state index in [9.17, 15) is 9.59 Å². The Morgan fingerprint density at radius 2 is 2.07 bits per heavy atom. The van der Waals surface area contributed by atoms with Crippen LogP contribution in [0.3, 0.4) is 0 Å². The van der Waals surface area contributed by atoms with E-state index in [2.05, 4.69) is 16.5 Å². The molecule has 0 saturated carbocycles. The minimum Gasteiger partial charge on any atom is -0.376 e. The second-order valence-corrected chi connectivity index (χ2v) is 8.56. The third kappa shape index (κ3) is 6.09. The zero-order chi connectivity index (χ0) is 21.5. The molecule has 2 heterocycles. The normalized spacial score (nSPS) is 16.0. The van der Waals surface area contributed by atoms with Crippen LogP contribution in [0.2, 0.25) is 0 Å². The SMILES string of the molecule is Cc1nc(SCC(=O)N(CCC(N)=O)Cc2ccccc2)n(CC2CCCO2)c1C. The van der Waals surface area contributed by atoms with Crippen molar-refractivity contribution in [2.75, 3.05) is 18.9 Å². The van der Waals surface area contributed by atoms with Crippen molar-refractivity contribution in [2.24, 2.45) is 5.73 Å². The van der Waals surface area contributed by atoms with Crippen molar-refractivity contribution in [3.63, 3.8) is 0 Å². The average Bonchev–Trinajstić information content (AvgIpc) is 3.34. The number of rotatable bonds is 10. The molecule has 30 heavy (non-hydrogen) atoms. The number of hydrogen-bond acceptors (Lipinski definition) is 5. The molecule has 1 atom stereocenters. The van der Waals surface area contributed by atoms with Gasteiger partial charge in [0.15, 0.2) is 5.16 Å². The number of primary amides is 1. The number of ether oxygens (including phenoxy) is 1. The van der Waals surface area contributed by atoms with Crippen molar-refractivity contribution in [3.05, 3.63) is 47.3 Å². The molecule has 1 aromatic heterocycles. The minimum atomic E-state index is -0.410. The molecule has 1 saturated heterocycles. The second kappa shape index (κ2) is 10.6. The van der Waals surface area contributed by atoms with Crippen molar-refractivity contribution >= 4 is 23.6 Å². The molecule has 2 N–H and O–H groups in total. The summed E-state index contributed by atoms with van der Waals surface area (Å²) in [5.74, 6) is -0.188. The molecule has 2 aromatic rings. The molecule has 0 bridgehead atoms. The molecule has 162 valence electrons. The lowest BCUT2D eigenvalue weighted by Crippen LogP contribution is -2.35. The molecule has 1 aromatic carbocycles. The lowest BCUT2D eigenvalue weighted by atomic mass is 10.2. The summed E-state index contributed by atoms with van der Waals surface area (Å²) >= 11 is 1.44. The van der Waals surface area contributed by atoms with Crippen LogP contribution in [0.15, 0.2) is 35.5 Å². The fourth-order valence-corrected chi connectivity index (χ4v) is 4.50. The maximum absolute atomic E-state index is 13.0. The molecule has 2 amide bonds. The zero-order valence-corrected chi connectivity index (χ0v) is 18.5. The van der Waals surface area contributed by atoms with Gasteiger partial charge < -0.3 is 19.9 Å². The zero-order valence-electron chi connectivity index (χ0n) is 17.7. The highest BCUT2D eigenvalue weighted by Gasteiger charge is 2.22. The molecule has 1 aliphatic rings. The third-order valence-electron chi connectivity index (χ3n) is 5.35. The Morgan fingerprint density at radius 1 is 1.30 bits per heavy atom. The van der Waals surface area contributed by atoms with E-state index in [-0.39, 0.29) is 24.2 Å². The van der Waals surface area contributed by atoms with Gasteiger partial charge in [0.25, 0.3) is 0 Å². The highest BCUT2D eigenvalue weighted by atomic mass is 32.2. The van der Waals surface area contributed by atoms with Crippen molar-refractivity contribution in [3.8, 4) is 0 Å². The molecule has 8 heteroatoms. The van der Waals surface area contributed by atoms with Gasteiger partial charge in [-0.2, -0.15) is 0 Å². The minimum absolute atomic E-state index is 0.0351. The van der Waals surface area contributed by atoms with E-state index in [1.165, 1.54) is 11.8 Å². The molecule has 0 aliphatic carbocycles. The van der Waals surface area contributed by atoms with Crippen LogP contribution in [0, 0.1) is 13.8 Å². The number of aryl methyl sites for hydroxylation is 1. The highest BCUT2D eigenvalue weighted by Crippen LogP contribution is 2.25. The van der Waals surface area contributed by atoms with Gasteiger partial charge in [-0.1, -0.05) is 42.1 Å². The van der Waals surface area contributed by atoms with Crippen LogP contribution in [0.5, 0.6) is 0 Å². The first kappa shape index (κ1) is 22.4. The number of nitrogens with zero attached hydrogens (tertiary/aromatic N) is 3. The van der Waals surface area contributed by atoms with E-state index in [1.807, 2.05) is 37.3 Å². The predicted molar refractivity (Wildman–Crippen MR) is 117 cm³/mol. The van der Waals surface area contributed by atoms with Gasteiger partial charge in [-0.25, -0.2) is 4.98 Å². The highest BCUT2D eigenvalue weighted by molar-refractivity contribution is 7.99. The summed E-state index contributed by atoms with van der Waals surface area (Å²) in [6.07, 6.45) is 2.50. The van der Waals surface area contributed by atoms with Crippen LogP contribution in [0.1, 0.15) is 36.2 Å². The first-order valence-corrected chi connectivity index (χ1v) is 11.3. The average molecular weight is 431 g/mol. The summed E-state index contributed by atoms with van der Waals surface area (Å²) in [4.78, 5) is 30.6.